The molecule has 1 rings (SSSR count). The molecule has 0 spiro atoms. The zero-order valence-electron chi connectivity index (χ0n) is 7.19. The van der Waals surface area contributed by atoms with Crippen molar-refractivity contribution in [2.45, 2.75) is 17.2 Å². The molecule has 0 fully saturated rings. The summed E-state index contributed by atoms with van der Waals surface area (Å²) in [5, 5.41) is 8.47. The van der Waals surface area contributed by atoms with Gasteiger partial charge in [0.15, 0.2) is 0 Å². The molecule has 7 heteroatoms. The fraction of sp³-hybridized carbons (Fsp3) is 0.286. The average Bonchev–Trinajstić information content (AvgIpc) is 2.51. The van der Waals surface area contributed by atoms with E-state index in [4.69, 9.17) is 5.26 Å². The summed E-state index contributed by atoms with van der Waals surface area (Å²) in [7, 11) is -3.53. The summed E-state index contributed by atoms with van der Waals surface area (Å²) in [4.78, 5) is 0. The molecular weight excluding hydrogens is 288 g/mol. The number of rotatable bonds is 3. The number of hydrogen-bond donors (Lipinski definition) is 1. The summed E-state index contributed by atoms with van der Waals surface area (Å²) in [6.45, 7) is 1.49. The monoisotopic (exact) mass is 294 g/mol. The van der Waals surface area contributed by atoms with Crippen LogP contribution in [0.25, 0.3) is 0 Å². The molecule has 1 atom stereocenters. The van der Waals surface area contributed by atoms with Crippen molar-refractivity contribution in [3.05, 3.63) is 15.9 Å². The molecule has 0 aliphatic rings. The van der Waals surface area contributed by atoms with E-state index in [0.717, 1.165) is 15.1 Å². The first-order valence-corrected chi connectivity index (χ1v) is 6.72. The Morgan fingerprint density at radius 1 is 1.64 bits per heavy atom. The number of sulfonamides is 1. The van der Waals surface area contributed by atoms with E-state index in [1.54, 1.807) is 12.1 Å². The van der Waals surface area contributed by atoms with Crippen molar-refractivity contribution in [1.29, 1.82) is 5.26 Å². The van der Waals surface area contributed by atoms with E-state index in [0.29, 0.717) is 0 Å². The van der Waals surface area contributed by atoms with Crippen LogP contribution in [0.2, 0.25) is 0 Å². The molecule has 76 valence electrons. The van der Waals surface area contributed by atoms with Gasteiger partial charge in [-0.3, -0.25) is 0 Å². The van der Waals surface area contributed by atoms with E-state index < -0.39 is 16.1 Å². The summed E-state index contributed by atoms with van der Waals surface area (Å²) in [5.41, 5.74) is 0. The van der Waals surface area contributed by atoms with Gasteiger partial charge in [-0.2, -0.15) is 9.98 Å². The number of nitrogens with zero attached hydrogens (tertiary/aromatic N) is 1. The maximum atomic E-state index is 11.5. The van der Waals surface area contributed by atoms with Gasteiger partial charge in [0.1, 0.15) is 10.3 Å². The van der Waals surface area contributed by atoms with Gasteiger partial charge in [0.05, 0.1) is 9.86 Å². The maximum absolute atomic E-state index is 11.5. The molecule has 0 saturated carbocycles. The zero-order valence-corrected chi connectivity index (χ0v) is 10.4. The van der Waals surface area contributed by atoms with Crippen molar-refractivity contribution < 1.29 is 8.42 Å². The standard InChI is InChI=1S/C7H7BrN2O2S2/c1-5(4-9)10-14(11,12)7-3-2-6(8)13-7/h2-3,5,10H,1H3. The predicted octanol–water partition coefficient (Wildman–Crippen LogP) is 1.70. The minimum Gasteiger partial charge on any atom is -0.206 e. The largest absolute Gasteiger partial charge is 0.251 e. The van der Waals surface area contributed by atoms with Crippen LogP contribution >= 0.6 is 27.3 Å². The van der Waals surface area contributed by atoms with E-state index >= 15 is 0 Å². The molecule has 1 unspecified atom stereocenters. The van der Waals surface area contributed by atoms with Crippen molar-refractivity contribution >= 4 is 37.3 Å². The Kier molecular flexibility index (Phi) is 3.66. The number of nitriles is 1. The molecule has 1 aromatic heterocycles. The van der Waals surface area contributed by atoms with Gasteiger partial charge in [-0.05, 0) is 35.0 Å². The predicted molar refractivity (Wildman–Crippen MR) is 57.4 cm³/mol. The highest BCUT2D eigenvalue weighted by molar-refractivity contribution is 9.11. The quantitative estimate of drug-likeness (QED) is 0.922. The van der Waals surface area contributed by atoms with Crippen molar-refractivity contribution in [2.75, 3.05) is 0 Å². The second kappa shape index (κ2) is 4.40. The minimum atomic E-state index is -3.53. The Balaban J connectivity index is 2.93. The third kappa shape index (κ3) is 2.78. The van der Waals surface area contributed by atoms with E-state index in [-0.39, 0.29) is 4.21 Å². The molecule has 1 N–H and O–H groups in total. The lowest BCUT2D eigenvalue weighted by atomic mass is 10.4. The Labute approximate surface area is 94.7 Å². The lowest BCUT2D eigenvalue weighted by Crippen LogP contribution is -2.30. The van der Waals surface area contributed by atoms with Crippen LogP contribution in [0, 0.1) is 11.3 Å². The van der Waals surface area contributed by atoms with Crippen LogP contribution in [0.3, 0.4) is 0 Å². The van der Waals surface area contributed by atoms with Gasteiger partial charge in [-0.25, -0.2) is 8.42 Å². The highest BCUT2D eigenvalue weighted by Gasteiger charge is 2.18. The fourth-order valence-electron chi connectivity index (χ4n) is 0.759. The second-order valence-corrected chi connectivity index (χ2v) is 6.93. The van der Waals surface area contributed by atoms with Gasteiger partial charge in [0.25, 0.3) is 10.0 Å². The van der Waals surface area contributed by atoms with Crippen LogP contribution in [0.4, 0.5) is 0 Å². The summed E-state index contributed by atoms with van der Waals surface area (Å²) in [6, 6.07) is 4.22. The van der Waals surface area contributed by atoms with Crippen LogP contribution in [-0.4, -0.2) is 14.5 Å². The number of thiophene rings is 1. The lowest BCUT2D eigenvalue weighted by molar-refractivity contribution is 0.579. The zero-order chi connectivity index (χ0) is 10.8. The molecule has 0 radical (unpaired) electrons. The fourth-order valence-corrected chi connectivity index (χ4v) is 3.93. The summed E-state index contributed by atoms with van der Waals surface area (Å²) < 4.78 is 26.3. The summed E-state index contributed by atoms with van der Waals surface area (Å²) in [6.07, 6.45) is 0. The van der Waals surface area contributed by atoms with Crippen molar-refractivity contribution in [3.8, 4) is 6.07 Å². The maximum Gasteiger partial charge on any atom is 0.251 e. The van der Waals surface area contributed by atoms with E-state index in [1.165, 1.54) is 13.0 Å². The SMILES string of the molecule is CC(C#N)NS(=O)(=O)c1ccc(Br)s1. The lowest BCUT2D eigenvalue weighted by Gasteiger charge is -2.04. The van der Waals surface area contributed by atoms with E-state index in [9.17, 15) is 8.42 Å². The molecule has 0 bridgehead atoms. The van der Waals surface area contributed by atoms with Crippen molar-refractivity contribution in [1.82, 2.24) is 4.72 Å². The van der Waals surface area contributed by atoms with Crippen LogP contribution in [0.5, 0.6) is 0 Å². The van der Waals surface area contributed by atoms with Crippen LogP contribution < -0.4 is 4.72 Å². The topological polar surface area (TPSA) is 70.0 Å². The van der Waals surface area contributed by atoms with Crippen molar-refractivity contribution in [2.24, 2.45) is 0 Å². The highest BCUT2D eigenvalue weighted by Crippen LogP contribution is 2.25. The minimum absolute atomic E-state index is 0.200. The summed E-state index contributed by atoms with van der Waals surface area (Å²) >= 11 is 4.27. The molecule has 0 aliphatic heterocycles. The molecule has 0 saturated heterocycles. The van der Waals surface area contributed by atoms with Crippen LogP contribution in [0.15, 0.2) is 20.1 Å². The second-order valence-electron chi connectivity index (χ2n) is 2.53. The third-order valence-corrected chi connectivity index (χ3v) is 5.00. The molecule has 1 aromatic rings. The number of nitrogens with one attached hydrogen (secondary N) is 1. The van der Waals surface area contributed by atoms with Gasteiger partial charge in [-0.1, -0.05) is 0 Å². The molecule has 0 aliphatic carbocycles. The highest BCUT2D eigenvalue weighted by atomic mass is 79.9. The van der Waals surface area contributed by atoms with E-state index in [1.807, 2.05) is 0 Å². The molecule has 4 nitrogen and oxygen atoms in total. The van der Waals surface area contributed by atoms with Gasteiger partial charge >= 0.3 is 0 Å². The number of hydrogen-bond acceptors (Lipinski definition) is 4. The van der Waals surface area contributed by atoms with Gasteiger partial charge in [-0.15, -0.1) is 11.3 Å². The molecule has 14 heavy (non-hydrogen) atoms. The Bertz CT molecular complexity index is 460. The first-order chi connectivity index (χ1) is 6.45. The first kappa shape index (κ1) is 11.7. The molecule has 0 aromatic carbocycles. The van der Waals surface area contributed by atoms with Crippen LogP contribution in [0.1, 0.15) is 6.92 Å². The average molecular weight is 295 g/mol. The van der Waals surface area contributed by atoms with Crippen LogP contribution in [-0.2, 0) is 10.0 Å². The van der Waals surface area contributed by atoms with Crippen molar-refractivity contribution in [3.63, 3.8) is 0 Å². The third-order valence-electron chi connectivity index (χ3n) is 1.34. The van der Waals surface area contributed by atoms with Gasteiger partial charge < -0.3 is 0 Å². The summed E-state index contributed by atoms with van der Waals surface area (Å²) in [5.74, 6) is 0. The normalized spacial score (nSPS) is 13.5. The Morgan fingerprint density at radius 3 is 2.71 bits per heavy atom. The smallest absolute Gasteiger partial charge is 0.206 e. The van der Waals surface area contributed by atoms with E-state index in [2.05, 4.69) is 20.7 Å². The molecular formula is C7H7BrN2O2S2. The Morgan fingerprint density at radius 2 is 2.29 bits per heavy atom. The Hall–Kier alpha value is -0.420. The van der Waals surface area contributed by atoms with Gasteiger partial charge in [0, 0.05) is 0 Å². The number of halogens is 1. The molecule has 1 heterocycles. The van der Waals surface area contributed by atoms with Gasteiger partial charge in [0.2, 0.25) is 0 Å². The molecule has 0 amide bonds. The first-order valence-electron chi connectivity index (χ1n) is 3.63.